The van der Waals surface area contributed by atoms with Gasteiger partial charge in [0, 0.05) is 24.9 Å². The van der Waals surface area contributed by atoms with Crippen molar-refractivity contribution >= 4 is 0 Å². The summed E-state index contributed by atoms with van der Waals surface area (Å²) in [5.74, 6) is 0.941. The third-order valence-corrected chi connectivity index (χ3v) is 3.13. The maximum absolute atomic E-state index is 5.91. The predicted molar refractivity (Wildman–Crippen MR) is 82.0 cm³/mol. The van der Waals surface area contributed by atoms with Gasteiger partial charge < -0.3 is 10.5 Å². The van der Waals surface area contributed by atoms with Crippen LogP contribution in [0.1, 0.15) is 23.6 Å². The molecule has 20 heavy (non-hydrogen) atoms. The molecule has 2 aromatic rings. The van der Waals surface area contributed by atoms with Crippen molar-refractivity contribution in [3.8, 4) is 5.75 Å². The van der Waals surface area contributed by atoms with Crippen LogP contribution >= 0.6 is 0 Å². The highest BCUT2D eigenvalue weighted by molar-refractivity contribution is 5.37. The maximum atomic E-state index is 5.91. The van der Waals surface area contributed by atoms with Crippen LogP contribution in [-0.4, -0.2) is 17.6 Å². The highest BCUT2D eigenvalue weighted by Crippen LogP contribution is 2.21. The van der Waals surface area contributed by atoms with E-state index in [1.807, 2.05) is 25.3 Å². The van der Waals surface area contributed by atoms with Crippen molar-refractivity contribution in [2.75, 3.05) is 6.61 Å². The Balaban J connectivity index is 1.98. The third-order valence-electron chi connectivity index (χ3n) is 3.13. The first-order chi connectivity index (χ1) is 9.65. The second-order valence-electron chi connectivity index (χ2n) is 5.25. The molecular weight excluding hydrogens is 248 g/mol. The molecule has 0 aliphatic rings. The largest absolute Gasteiger partial charge is 0.493 e. The summed E-state index contributed by atoms with van der Waals surface area (Å²) in [6.45, 7) is 4.76. The number of aromatic nitrogens is 1. The molecule has 0 bridgehead atoms. The van der Waals surface area contributed by atoms with Crippen LogP contribution in [0.15, 0.2) is 42.7 Å². The van der Waals surface area contributed by atoms with E-state index < -0.39 is 0 Å². The first-order valence-electron chi connectivity index (χ1n) is 7.02. The van der Waals surface area contributed by atoms with Gasteiger partial charge in [-0.15, -0.1) is 0 Å². The quantitative estimate of drug-likeness (QED) is 0.878. The number of ether oxygens (including phenoxy) is 1. The fraction of sp³-hybridized carbons (Fsp3) is 0.353. The number of benzene rings is 1. The van der Waals surface area contributed by atoms with Gasteiger partial charge in [0.05, 0.1) is 6.61 Å². The molecule has 0 aliphatic carbocycles. The predicted octanol–water partition coefficient (Wildman–Crippen LogP) is 2.90. The van der Waals surface area contributed by atoms with Gasteiger partial charge in [-0.05, 0) is 43.5 Å². The molecule has 1 heterocycles. The van der Waals surface area contributed by atoms with Gasteiger partial charge in [-0.3, -0.25) is 4.98 Å². The lowest BCUT2D eigenvalue weighted by molar-refractivity contribution is 0.318. The van der Waals surface area contributed by atoms with Crippen LogP contribution < -0.4 is 10.5 Å². The van der Waals surface area contributed by atoms with Gasteiger partial charge in [-0.25, -0.2) is 0 Å². The Hall–Kier alpha value is -1.87. The van der Waals surface area contributed by atoms with Crippen molar-refractivity contribution in [1.82, 2.24) is 4.98 Å². The minimum atomic E-state index is 0.137. The number of nitrogens with zero attached hydrogens (tertiary/aromatic N) is 1. The van der Waals surface area contributed by atoms with Gasteiger partial charge in [-0.2, -0.15) is 0 Å². The highest BCUT2D eigenvalue weighted by atomic mass is 16.5. The zero-order valence-electron chi connectivity index (χ0n) is 12.2. The van der Waals surface area contributed by atoms with Crippen molar-refractivity contribution in [1.29, 1.82) is 0 Å². The summed E-state index contributed by atoms with van der Waals surface area (Å²) in [6.07, 6.45) is 5.36. The highest BCUT2D eigenvalue weighted by Gasteiger charge is 2.07. The van der Waals surface area contributed by atoms with Crippen LogP contribution in [0.4, 0.5) is 0 Å². The van der Waals surface area contributed by atoms with E-state index in [1.165, 1.54) is 16.7 Å². The number of hydrogen-bond acceptors (Lipinski definition) is 3. The number of hydrogen-bond donors (Lipinski definition) is 1. The minimum Gasteiger partial charge on any atom is -0.493 e. The van der Waals surface area contributed by atoms with E-state index >= 15 is 0 Å². The van der Waals surface area contributed by atoms with Gasteiger partial charge in [0.2, 0.25) is 0 Å². The van der Waals surface area contributed by atoms with Crippen molar-refractivity contribution in [2.45, 2.75) is 32.7 Å². The third kappa shape index (κ3) is 4.35. The lowest BCUT2D eigenvalue weighted by Gasteiger charge is -2.14. The molecule has 106 valence electrons. The van der Waals surface area contributed by atoms with Crippen LogP contribution in [0, 0.1) is 6.92 Å². The van der Waals surface area contributed by atoms with Crippen LogP contribution in [0.5, 0.6) is 5.75 Å². The molecule has 0 fully saturated rings. The van der Waals surface area contributed by atoms with E-state index in [0.29, 0.717) is 6.61 Å². The summed E-state index contributed by atoms with van der Waals surface area (Å²) in [4.78, 5) is 4.11. The molecular formula is C17H22N2O. The van der Waals surface area contributed by atoms with Crippen molar-refractivity contribution in [3.63, 3.8) is 0 Å². The molecule has 0 aliphatic heterocycles. The number of aryl methyl sites for hydroxylation is 1. The standard InChI is InChI=1S/C17H22N2O/c1-13-5-6-17(16(10-13)11-14(2)18)20-9-7-15-4-3-8-19-12-15/h3-6,8,10,12,14H,7,9,11,18H2,1-2H3. The molecule has 0 saturated heterocycles. The first-order valence-corrected chi connectivity index (χ1v) is 7.02. The van der Waals surface area contributed by atoms with Gasteiger partial charge in [0.15, 0.2) is 0 Å². The van der Waals surface area contributed by atoms with Gasteiger partial charge in [0.1, 0.15) is 5.75 Å². The van der Waals surface area contributed by atoms with Crippen LogP contribution in [-0.2, 0) is 12.8 Å². The molecule has 1 atom stereocenters. The lowest BCUT2D eigenvalue weighted by Crippen LogP contribution is -2.18. The van der Waals surface area contributed by atoms with E-state index in [2.05, 4.69) is 30.1 Å². The van der Waals surface area contributed by atoms with Crippen LogP contribution in [0.25, 0.3) is 0 Å². The Morgan fingerprint density at radius 3 is 2.85 bits per heavy atom. The van der Waals surface area contributed by atoms with Gasteiger partial charge >= 0.3 is 0 Å². The smallest absolute Gasteiger partial charge is 0.122 e. The fourth-order valence-electron chi connectivity index (χ4n) is 2.18. The normalized spacial score (nSPS) is 12.2. The van der Waals surface area contributed by atoms with E-state index in [4.69, 9.17) is 10.5 Å². The Kier molecular flexibility index (Phi) is 5.13. The zero-order chi connectivity index (χ0) is 14.4. The van der Waals surface area contributed by atoms with Gasteiger partial charge in [-0.1, -0.05) is 23.8 Å². The number of rotatable bonds is 6. The lowest BCUT2D eigenvalue weighted by atomic mass is 10.0. The molecule has 0 amide bonds. The van der Waals surface area contributed by atoms with Crippen LogP contribution in [0.2, 0.25) is 0 Å². The summed E-state index contributed by atoms with van der Waals surface area (Å²) < 4.78 is 5.91. The monoisotopic (exact) mass is 270 g/mol. The van der Waals surface area contributed by atoms with E-state index in [0.717, 1.165) is 18.6 Å². The molecule has 0 spiro atoms. The molecule has 1 aromatic carbocycles. The number of pyridine rings is 1. The second kappa shape index (κ2) is 7.06. The number of nitrogens with two attached hydrogens (primary N) is 1. The minimum absolute atomic E-state index is 0.137. The zero-order valence-corrected chi connectivity index (χ0v) is 12.2. The van der Waals surface area contributed by atoms with Crippen molar-refractivity contribution < 1.29 is 4.74 Å². The Bertz CT molecular complexity index is 538. The summed E-state index contributed by atoms with van der Waals surface area (Å²) >= 11 is 0. The fourth-order valence-corrected chi connectivity index (χ4v) is 2.18. The molecule has 1 aromatic heterocycles. The SMILES string of the molecule is Cc1ccc(OCCc2cccnc2)c(CC(C)N)c1. The molecule has 0 saturated carbocycles. The van der Waals surface area contributed by atoms with Crippen molar-refractivity contribution in [2.24, 2.45) is 5.73 Å². The van der Waals surface area contributed by atoms with Crippen molar-refractivity contribution in [3.05, 3.63) is 59.4 Å². The molecule has 3 nitrogen and oxygen atoms in total. The molecule has 0 radical (unpaired) electrons. The summed E-state index contributed by atoms with van der Waals surface area (Å²) in [7, 11) is 0. The second-order valence-corrected chi connectivity index (χ2v) is 5.25. The van der Waals surface area contributed by atoms with E-state index in [9.17, 15) is 0 Å². The summed E-state index contributed by atoms with van der Waals surface area (Å²) in [5.41, 5.74) is 9.51. The first kappa shape index (κ1) is 14.5. The summed E-state index contributed by atoms with van der Waals surface area (Å²) in [5, 5.41) is 0. The topological polar surface area (TPSA) is 48.1 Å². The average Bonchev–Trinajstić information content (AvgIpc) is 2.42. The van der Waals surface area contributed by atoms with E-state index in [1.54, 1.807) is 6.20 Å². The average molecular weight is 270 g/mol. The maximum Gasteiger partial charge on any atom is 0.122 e. The molecule has 3 heteroatoms. The molecule has 2 rings (SSSR count). The molecule has 2 N–H and O–H groups in total. The molecule has 1 unspecified atom stereocenters. The Morgan fingerprint density at radius 1 is 1.30 bits per heavy atom. The Morgan fingerprint density at radius 2 is 2.15 bits per heavy atom. The van der Waals surface area contributed by atoms with Gasteiger partial charge in [0.25, 0.3) is 0 Å². The summed E-state index contributed by atoms with van der Waals surface area (Å²) in [6, 6.07) is 10.4. The Labute approximate surface area is 120 Å². The van der Waals surface area contributed by atoms with E-state index in [-0.39, 0.29) is 6.04 Å². The van der Waals surface area contributed by atoms with Crippen LogP contribution in [0.3, 0.4) is 0 Å².